The Balaban J connectivity index is 1.93. The molecule has 1 aliphatic rings. The van der Waals surface area contributed by atoms with E-state index >= 15 is 0 Å². The molecule has 0 radical (unpaired) electrons. The summed E-state index contributed by atoms with van der Waals surface area (Å²) in [6.45, 7) is 1.64. The number of likely N-dealkylation sites (tertiary alicyclic amines) is 1. The van der Waals surface area contributed by atoms with E-state index in [1.54, 1.807) is 18.2 Å². The Bertz CT molecular complexity index is 432. The second-order valence-electron chi connectivity index (χ2n) is 5.09. The molecule has 1 unspecified atom stereocenters. The van der Waals surface area contributed by atoms with Gasteiger partial charge in [0.2, 0.25) is 5.91 Å². The molecule has 1 saturated heterocycles. The van der Waals surface area contributed by atoms with E-state index in [9.17, 15) is 9.90 Å². The summed E-state index contributed by atoms with van der Waals surface area (Å²) < 4.78 is 0. The van der Waals surface area contributed by atoms with Crippen molar-refractivity contribution in [3.63, 3.8) is 0 Å². The summed E-state index contributed by atoms with van der Waals surface area (Å²) in [5.41, 5.74) is 0.869. The van der Waals surface area contributed by atoms with Crippen LogP contribution in [0.2, 0.25) is 0 Å². The minimum atomic E-state index is 0.143. The Morgan fingerprint density at radius 1 is 1.50 bits per heavy atom. The molecule has 98 valence electrons. The first-order chi connectivity index (χ1) is 8.56. The second-order valence-corrected chi connectivity index (χ2v) is 5.09. The number of benzene rings is 1. The summed E-state index contributed by atoms with van der Waals surface area (Å²) in [6, 6.07) is 7.38. The molecule has 18 heavy (non-hydrogen) atoms. The number of nitrogens with zero attached hydrogens (tertiary/aromatic N) is 2. The molecule has 1 aliphatic heterocycles. The third-order valence-electron chi connectivity index (χ3n) is 3.51. The number of amides is 1. The van der Waals surface area contributed by atoms with Crippen LogP contribution in [0.25, 0.3) is 0 Å². The van der Waals surface area contributed by atoms with E-state index in [2.05, 4.69) is 4.90 Å². The average molecular weight is 248 g/mol. The highest BCUT2D eigenvalue weighted by Gasteiger charge is 2.27. The maximum atomic E-state index is 12.1. The lowest BCUT2D eigenvalue weighted by Crippen LogP contribution is -2.35. The van der Waals surface area contributed by atoms with Crippen LogP contribution < -0.4 is 0 Å². The largest absolute Gasteiger partial charge is 0.508 e. The lowest BCUT2D eigenvalue weighted by Gasteiger charge is -2.20. The summed E-state index contributed by atoms with van der Waals surface area (Å²) in [7, 11) is 4.10. The van der Waals surface area contributed by atoms with Gasteiger partial charge in [0.15, 0.2) is 0 Å². The van der Waals surface area contributed by atoms with E-state index in [0.29, 0.717) is 12.5 Å². The quantitative estimate of drug-likeness (QED) is 0.871. The van der Waals surface area contributed by atoms with Crippen LogP contribution >= 0.6 is 0 Å². The molecule has 1 amide bonds. The van der Waals surface area contributed by atoms with Crippen molar-refractivity contribution >= 4 is 5.91 Å². The van der Waals surface area contributed by atoms with Crippen LogP contribution in [-0.4, -0.2) is 54.0 Å². The highest BCUT2D eigenvalue weighted by atomic mass is 16.3. The first-order valence-electron chi connectivity index (χ1n) is 6.28. The normalized spacial score (nSPS) is 19.5. The molecule has 1 fully saturated rings. The van der Waals surface area contributed by atoms with Crippen molar-refractivity contribution in [3.05, 3.63) is 29.8 Å². The molecule has 0 saturated carbocycles. The van der Waals surface area contributed by atoms with Crippen LogP contribution in [0.4, 0.5) is 0 Å². The molecule has 0 bridgehead atoms. The first-order valence-corrected chi connectivity index (χ1v) is 6.28. The molecule has 1 atom stereocenters. The van der Waals surface area contributed by atoms with Gasteiger partial charge in [-0.15, -0.1) is 0 Å². The van der Waals surface area contributed by atoms with Gasteiger partial charge >= 0.3 is 0 Å². The van der Waals surface area contributed by atoms with Crippen molar-refractivity contribution in [3.8, 4) is 5.75 Å². The third-order valence-corrected chi connectivity index (χ3v) is 3.51. The number of hydrogen-bond donors (Lipinski definition) is 1. The Hall–Kier alpha value is -1.55. The number of phenolic OH excluding ortho intramolecular Hbond substituents is 1. The maximum Gasteiger partial charge on any atom is 0.227 e. The fourth-order valence-corrected chi connectivity index (χ4v) is 2.34. The molecular weight excluding hydrogens is 228 g/mol. The molecular formula is C14H20N2O2. The number of rotatable bonds is 3. The fraction of sp³-hybridized carbons (Fsp3) is 0.500. The molecule has 0 aromatic heterocycles. The van der Waals surface area contributed by atoms with Gasteiger partial charge in [0, 0.05) is 19.1 Å². The van der Waals surface area contributed by atoms with E-state index in [4.69, 9.17) is 0 Å². The molecule has 4 nitrogen and oxygen atoms in total. The predicted octanol–water partition coefficient (Wildman–Crippen LogP) is 1.10. The molecule has 0 spiro atoms. The molecule has 1 N–H and O–H groups in total. The fourth-order valence-electron chi connectivity index (χ4n) is 2.34. The zero-order chi connectivity index (χ0) is 13.1. The molecule has 0 aliphatic carbocycles. The van der Waals surface area contributed by atoms with Gasteiger partial charge in [0.1, 0.15) is 5.75 Å². The van der Waals surface area contributed by atoms with Gasteiger partial charge in [-0.05, 0) is 38.2 Å². The summed E-state index contributed by atoms with van der Waals surface area (Å²) in [5.74, 6) is 0.359. The molecule has 1 aromatic carbocycles. The molecule has 1 heterocycles. The van der Waals surface area contributed by atoms with E-state index in [-0.39, 0.29) is 11.7 Å². The van der Waals surface area contributed by atoms with Crippen molar-refractivity contribution in [1.29, 1.82) is 0 Å². The highest BCUT2D eigenvalue weighted by Crippen LogP contribution is 2.16. The van der Waals surface area contributed by atoms with Crippen molar-refractivity contribution in [1.82, 2.24) is 9.80 Å². The minimum Gasteiger partial charge on any atom is -0.508 e. The standard InChI is InChI=1S/C14H20N2O2/c1-15(2)12-6-7-16(10-12)14(18)9-11-4-3-5-13(17)8-11/h3-5,8,12,17H,6-7,9-10H2,1-2H3. The van der Waals surface area contributed by atoms with Crippen LogP contribution in [0.3, 0.4) is 0 Å². The summed E-state index contributed by atoms with van der Waals surface area (Å²) in [5, 5.41) is 9.37. The molecule has 2 rings (SSSR count). The van der Waals surface area contributed by atoms with Crippen LogP contribution in [0, 0.1) is 0 Å². The van der Waals surface area contributed by atoms with Gasteiger partial charge in [0.25, 0.3) is 0 Å². The smallest absolute Gasteiger partial charge is 0.227 e. The van der Waals surface area contributed by atoms with Crippen molar-refractivity contribution in [2.45, 2.75) is 18.9 Å². The van der Waals surface area contributed by atoms with Gasteiger partial charge in [0.05, 0.1) is 6.42 Å². The topological polar surface area (TPSA) is 43.8 Å². The Morgan fingerprint density at radius 2 is 2.28 bits per heavy atom. The molecule has 4 heteroatoms. The van der Waals surface area contributed by atoms with Crippen molar-refractivity contribution in [2.75, 3.05) is 27.2 Å². The van der Waals surface area contributed by atoms with Crippen LogP contribution in [0.5, 0.6) is 5.75 Å². The van der Waals surface area contributed by atoms with Crippen LogP contribution in [0.15, 0.2) is 24.3 Å². The van der Waals surface area contributed by atoms with Gasteiger partial charge in [-0.25, -0.2) is 0 Å². The summed E-state index contributed by atoms with van der Waals surface area (Å²) in [6.07, 6.45) is 1.41. The average Bonchev–Trinajstić information content (AvgIpc) is 2.78. The second kappa shape index (κ2) is 5.40. The number of aromatic hydroxyl groups is 1. The van der Waals surface area contributed by atoms with Crippen molar-refractivity contribution < 1.29 is 9.90 Å². The van der Waals surface area contributed by atoms with Gasteiger partial charge < -0.3 is 14.9 Å². The number of carbonyl (C=O) groups is 1. The van der Waals surface area contributed by atoms with E-state index in [1.807, 2.05) is 25.1 Å². The lowest BCUT2D eigenvalue weighted by atomic mass is 10.1. The monoisotopic (exact) mass is 248 g/mol. The summed E-state index contributed by atoms with van der Waals surface area (Å²) >= 11 is 0. The lowest BCUT2D eigenvalue weighted by molar-refractivity contribution is -0.129. The van der Waals surface area contributed by atoms with Crippen LogP contribution in [-0.2, 0) is 11.2 Å². The van der Waals surface area contributed by atoms with E-state index in [1.165, 1.54) is 0 Å². The zero-order valence-electron chi connectivity index (χ0n) is 11.0. The number of phenols is 1. The zero-order valence-corrected chi connectivity index (χ0v) is 11.0. The predicted molar refractivity (Wildman–Crippen MR) is 70.5 cm³/mol. The number of likely N-dealkylation sites (N-methyl/N-ethyl adjacent to an activating group) is 1. The minimum absolute atomic E-state index is 0.143. The van der Waals surface area contributed by atoms with Gasteiger partial charge in [-0.3, -0.25) is 4.79 Å². The SMILES string of the molecule is CN(C)C1CCN(C(=O)Cc2cccc(O)c2)C1. The first kappa shape index (κ1) is 12.9. The van der Waals surface area contributed by atoms with E-state index < -0.39 is 0 Å². The van der Waals surface area contributed by atoms with Gasteiger partial charge in [-0.1, -0.05) is 12.1 Å². The Morgan fingerprint density at radius 3 is 2.89 bits per heavy atom. The van der Waals surface area contributed by atoms with Gasteiger partial charge in [-0.2, -0.15) is 0 Å². The molecule has 1 aromatic rings. The summed E-state index contributed by atoms with van der Waals surface area (Å²) in [4.78, 5) is 16.2. The maximum absolute atomic E-state index is 12.1. The number of hydrogen-bond acceptors (Lipinski definition) is 3. The van der Waals surface area contributed by atoms with Crippen LogP contribution in [0.1, 0.15) is 12.0 Å². The van der Waals surface area contributed by atoms with E-state index in [0.717, 1.165) is 25.1 Å². The van der Waals surface area contributed by atoms with Crippen molar-refractivity contribution in [2.24, 2.45) is 0 Å². The number of carbonyl (C=O) groups excluding carboxylic acids is 1. The Kier molecular flexibility index (Phi) is 3.87. The third kappa shape index (κ3) is 3.01. The Labute approximate surface area is 108 Å². The highest BCUT2D eigenvalue weighted by molar-refractivity contribution is 5.79.